The van der Waals surface area contributed by atoms with Crippen molar-refractivity contribution in [3.05, 3.63) is 23.8 Å². The third-order valence-corrected chi connectivity index (χ3v) is 3.28. The van der Waals surface area contributed by atoms with Crippen molar-refractivity contribution in [2.75, 3.05) is 14.2 Å². The molecule has 1 aromatic carbocycles. The maximum absolute atomic E-state index is 12.1. The highest BCUT2D eigenvalue weighted by Gasteiger charge is 2.13. The zero-order chi connectivity index (χ0) is 15.8. The van der Waals surface area contributed by atoms with Crippen LogP contribution in [-0.2, 0) is 11.2 Å². The molecule has 0 aliphatic rings. The number of hydrogen-bond donors (Lipinski definition) is 2. The quantitative estimate of drug-likeness (QED) is 0.717. The second kappa shape index (κ2) is 8.46. The number of methoxy groups -OCH3 is 2. The van der Waals surface area contributed by atoms with Crippen molar-refractivity contribution in [1.29, 1.82) is 0 Å². The Kier molecular flexibility index (Phi) is 6.94. The molecule has 1 aromatic rings. The molecule has 0 radical (unpaired) electrons. The Hall–Kier alpha value is -1.82. The smallest absolute Gasteiger partial charge is 0.224 e. The number of benzene rings is 1. The van der Waals surface area contributed by atoms with Gasteiger partial charge in [-0.05, 0) is 24.1 Å². The topological polar surface area (TPSA) is 73.6 Å². The van der Waals surface area contributed by atoms with E-state index in [1.807, 2.05) is 13.0 Å². The standard InChI is InChI=1S/C15H22N2O3S/c1-4-11(9-14(16)21)17-15(18)8-10-5-6-12(19-2)13(7-10)20-3/h5-7,11H,4,8-9H2,1-3H3,(H2,16,21)(H,17,18). The number of ether oxygens (including phenoxy) is 2. The molecule has 0 aliphatic carbocycles. The summed E-state index contributed by atoms with van der Waals surface area (Å²) in [6, 6.07) is 5.41. The van der Waals surface area contributed by atoms with Crippen LogP contribution >= 0.6 is 12.2 Å². The molecule has 0 saturated carbocycles. The molecule has 0 heterocycles. The van der Waals surface area contributed by atoms with E-state index in [-0.39, 0.29) is 18.4 Å². The summed E-state index contributed by atoms with van der Waals surface area (Å²) in [6.45, 7) is 1.99. The number of hydrogen-bond acceptors (Lipinski definition) is 4. The van der Waals surface area contributed by atoms with E-state index >= 15 is 0 Å². The molecule has 0 saturated heterocycles. The van der Waals surface area contributed by atoms with Crippen LogP contribution in [0.2, 0.25) is 0 Å². The van der Waals surface area contributed by atoms with Gasteiger partial charge in [0.2, 0.25) is 5.91 Å². The fourth-order valence-corrected chi connectivity index (χ4v) is 2.20. The molecule has 5 nitrogen and oxygen atoms in total. The fourth-order valence-electron chi connectivity index (χ4n) is 1.99. The van der Waals surface area contributed by atoms with Crippen LogP contribution in [0.25, 0.3) is 0 Å². The van der Waals surface area contributed by atoms with Crippen molar-refractivity contribution in [2.45, 2.75) is 32.2 Å². The van der Waals surface area contributed by atoms with Crippen LogP contribution < -0.4 is 20.5 Å². The Morgan fingerprint density at radius 2 is 2.00 bits per heavy atom. The van der Waals surface area contributed by atoms with E-state index in [0.29, 0.717) is 22.9 Å². The van der Waals surface area contributed by atoms with Crippen molar-refractivity contribution >= 4 is 23.1 Å². The van der Waals surface area contributed by atoms with E-state index in [0.717, 1.165) is 12.0 Å². The van der Waals surface area contributed by atoms with Gasteiger partial charge in [0, 0.05) is 12.5 Å². The Morgan fingerprint density at radius 3 is 2.52 bits per heavy atom. The van der Waals surface area contributed by atoms with Crippen molar-refractivity contribution in [3.8, 4) is 11.5 Å². The fraction of sp³-hybridized carbons (Fsp3) is 0.467. The second-order valence-corrected chi connectivity index (χ2v) is 5.23. The van der Waals surface area contributed by atoms with Gasteiger partial charge in [0.05, 0.1) is 25.6 Å². The van der Waals surface area contributed by atoms with Crippen molar-refractivity contribution in [2.24, 2.45) is 5.73 Å². The molecule has 21 heavy (non-hydrogen) atoms. The summed E-state index contributed by atoms with van der Waals surface area (Å²) < 4.78 is 10.4. The van der Waals surface area contributed by atoms with Crippen molar-refractivity contribution in [3.63, 3.8) is 0 Å². The van der Waals surface area contributed by atoms with Crippen LogP contribution in [0.5, 0.6) is 11.5 Å². The van der Waals surface area contributed by atoms with Gasteiger partial charge < -0.3 is 20.5 Å². The lowest BCUT2D eigenvalue weighted by Crippen LogP contribution is -2.37. The number of amides is 1. The molecular weight excluding hydrogens is 288 g/mol. The molecule has 3 N–H and O–H groups in total. The minimum atomic E-state index is -0.0645. The maximum atomic E-state index is 12.1. The number of carbonyl (C=O) groups is 1. The second-order valence-electron chi connectivity index (χ2n) is 4.71. The lowest BCUT2D eigenvalue weighted by atomic mass is 10.1. The highest BCUT2D eigenvalue weighted by Crippen LogP contribution is 2.27. The molecule has 1 amide bonds. The lowest BCUT2D eigenvalue weighted by molar-refractivity contribution is -0.121. The third-order valence-electron chi connectivity index (χ3n) is 3.12. The highest BCUT2D eigenvalue weighted by atomic mass is 32.1. The van der Waals surface area contributed by atoms with Gasteiger partial charge >= 0.3 is 0 Å². The number of thiocarbonyl (C=S) groups is 1. The molecule has 1 rings (SSSR count). The molecule has 0 bridgehead atoms. The minimum Gasteiger partial charge on any atom is -0.493 e. The average molecular weight is 310 g/mol. The predicted molar refractivity (Wildman–Crippen MR) is 86.9 cm³/mol. The Balaban J connectivity index is 2.67. The predicted octanol–water partition coefficient (Wildman–Crippen LogP) is 1.82. The first-order valence-corrected chi connectivity index (χ1v) is 7.19. The molecule has 6 heteroatoms. The van der Waals surface area contributed by atoms with Crippen LogP contribution in [0.3, 0.4) is 0 Å². The molecular formula is C15H22N2O3S. The lowest BCUT2D eigenvalue weighted by Gasteiger charge is -2.16. The first-order chi connectivity index (χ1) is 9.99. The van der Waals surface area contributed by atoms with E-state index in [4.69, 9.17) is 27.4 Å². The average Bonchev–Trinajstić information content (AvgIpc) is 2.45. The summed E-state index contributed by atoms with van der Waals surface area (Å²) in [5.41, 5.74) is 6.37. The first kappa shape index (κ1) is 17.2. The Morgan fingerprint density at radius 1 is 1.33 bits per heavy atom. The van der Waals surface area contributed by atoms with Crippen LogP contribution in [0, 0.1) is 0 Å². The van der Waals surface area contributed by atoms with Crippen molar-refractivity contribution in [1.82, 2.24) is 5.32 Å². The molecule has 0 fully saturated rings. The first-order valence-electron chi connectivity index (χ1n) is 6.78. The van der Waals surface area contributed by atoms with Gasteiger partial charge in [-0.25, -0.2) is 0 Å². The Labute approximate surface area is 130 Å². The summed E-state index contributed by atoms with van der Waals surface area (Å²) in [5.74, 6) is 1.19. The third kappa shape index (κ3) is 5.59. The van der Waals surface area contributed by atoms with E-state index in [2.05, 4.69) is 5.32 Å². The van der Waals surface area contributed by atoms with Gasteiger partial charge in [-0.2, -0.15) is 0 Å². The summed E-state index contributed by atoms with van der Waals surface area (Å²) in [5, 5.41) is 2.93. The Bertz CT molecular complexity index is 506. The summed E-state index contributed by atoms with van der Waals surface area (Å²) in [6.07, 6.45) is 1.58. The zero-order valence-corrected chi connectivity index (χ0v) is 13.5. The molecule has 0 spiro atoms. The van der Waals surface area contributed by atoms with Gasteiger partial charge in [0.1, 0.15) is 0 Å². The molecule has 1 unspecified atom stereocenters. The number of nitrogens with two attached hydrogens (primary N) is 1. The van der Waals surface area contributed by atoms with Crippen LogP contribution in [-0.4, -0.2) is 31.2 Å². The normalized spacial score (nSPS) is 11.6. The SMILES string of the molecule is CCC(CC(N)=S)NC(=O)Cc1ccc(OC)c(OC)c1. The molecule has 116 valence electrons. The number of nitrogens with one attached hydrogen (secondary N) is 1. The van der Waals surface area contributed by atoms with E-state index < -0.39 is 0 Å². The largest absolute Gasteiger partial charge is 0.493 e. The van der Waals surface area contributed by atoms with E-state index in [1.165, 1.54) is 0 Å². The van der Waals surface area contributed by atoms with E-state index in [9.17, 15) is 4.79 Å². The van der Waals surface area contributed by atoms with Gasteiger partial charge in [-0.1, -0.05) is 25.2 Å². The van der Waals surface area contributed by atoms with Gasteiger partial charge in [-0.15, -0.1) is 0 Å². The maximum Gasteiger partial charge on any atom is 0.224 e. The molecule has 0 aliphatic heterocycles. The summed E-state index contributed by atoms with van der Waals surface area (Å²) in [4.78, 5) is 12.5. The number of rotatable bonds is 8. The highest BCUT2D eigenvalue weighted by molar-refractivity contribution is 7.80. The number of carbonyl (C=O) groups excluding carboxylic acids is 1. The van der Waals surface area contributed by atoms with Gasteiger partial charge in [-0.3, -0.25) is 4.79 Å². The summed E-state index contributed by atoms with van der Waals surface area (Å²) in [7, 11) is 3.14. The molecule has 0 aromatic heterocycles. The van der Waals surface area contributed by atoms with Gasteiger partial charge in [0.25, 0.3) is 0 Å². The van der Waals surface area contributed by atoms with Gasteiger partial charge in [0.15, 0.2) is 11.5 Å². The van der Waals surface area contributed by atoms with Crippen LogP contribution in [0.15, 0.2) is 18.2 Å². The van der Waals surface area contributed by atoms with E-state index in [1.54, 1.807) is 26.4 Å². The zero-order valence-electron chi connectivity index (χ0n) is 12.6. The van der Waals surface area contributed by atoms with Crippen molar-refractivity contribution < 1.29 is 14.3 Å². The van der Waals surface area contributed by atoms with Crippen LogP contribution in [0.1, 0.15) is 25.3 Å². The van der Waals surface area contributed by atoms with Crippen LogP contribution in [0.4, 0.5) is 0 Å². The monoisotopic (exact) mass is 310 g/mol. The molecule has 1 atom stereocenters. The summed E-state index contributed by atoms with van der Waals surface area (Å²) >= 11 is 4.88. The minimum absolute atomic E-state index is 0.0184.